The normalized spacial score (nSPS) is 10.5. The number of hydrogen-bond donors (Lipinski definition) is 2. The van der Waals surface area contributed by atoms with Gasteiger partial charge in [0.1, 0.15) is 11.5 Å². The van der Waals surface area contributed by atoms with E-state index in [2.05, 4.69) is 10.6 Å². The number of anilines is 1. The molecule has 2 N–H and O–H groups in total. The highest BCUT2D eigenvalue weighted by atomic mass is 16.5. The summed E-state index contributed by atoms with van der Waals surface area (Å²) >= 11 is 0. The fourth-order valence-electron chi connectivity index (χ4n) is 3.03. The summed E-state index contributed by atoms with van der Waals surface area (Å²) in [6.45, 7) is 1.50. The van der Waals surface area contributed by atoms with Gasteiger partial charge in [-0.3, -0.25) is 14.4 Å². The Morgan fingerprint density at radius 1 is 0.909 bits per heavy atom. The number of rotatable bonds is 8. The van der Waals surface area contributed by atoms with Gasteiger partial charge < -0.3 is 20.1 Å². The minimum absolute atomic E-state index is 0.201. The minimum atomic E-state index is -0.460. The molecule has 3 rings (SSSR count). The van der Waals surface area contributed by atoms with E-state index in [0.29, 0.717) is 22.7 Å². The third kappa shape index (κ3) is 7.07. The summed E-state index contributed by atoms with van der Waals surface area (Å²) in [5, 5.41) is 5.66. The smallest absolute Gasteiger partial charge is 0.308 e. The SMILES string of the molecule is COc1cccc(/C=C/C(=O)Nc2ccccc2CNC(=O)c2cccc(OC(C)=O)c2)c1. The fraction of sp³-hybridized carbons (Fsp3) is 0.115. The molecule has 3 aromatic rings. The third-order valence-corrected chi connectivity index (χ3v) is 4.59. The Balaban J connectivity index is 1.63. The van der Waals surface area contributed by atoms with Crippen molar-refractivity contribution < 1.29 is 23.9 Å². The van der Waals surface area contributed by atoms with E-state index in [0.717, 1.165) is 11.1 Å². The molecule has 0 unspecified atom stereocenters. The molecule has 0 saturated heterocycles. The van der Waals surface area contributed by atoms with Gasteiger partial charge in [0.2, 0.25) is 5.91 Å². The van der Waals surface area contributed by atoms with Crippen molar-refractivity contribution in [3.8, 4) is 11.5 Å². The van der Waals surface area contributed by atoms with Crippen LogP contribution in [0, 0.1) is 0 Å². The number of carbonyl (C=O) groups excluding carboxylic acids is 3. The summed E-state index contributed by atoms with van der Waals surface area (Å²) in [5.74, 6) is -0.0888. The van der Waals surface area contributed by atoms with Gasteiger partial charge >= 0.3 is 5.97 Å². The molecule has 0 heterocycles. The molecule has 3 aromatic carbocycles. The highest BCUT2D eigenvalue weighted by Crippen LogP contribution is 2.17. The first kappa shape index (κ1) is 23.3. The number of esters is 1. The van der Waals surface area contributed by atoms with E-state index < -0.39 is 5.97 Å². The van der Waals surface area contributed by atoms with Crippen LogP contribution in [0.4, 0.5) is 5.69 Å². The molecule has 0 bridgehead atoms. The van der Waals surface area contributed by atoms with E-state index >= 15 is 0 Å². The Morgan fingerprint density at radius 2 is 1.67 bits per heavy atom. The number of methoxy groups -OCH3 is 1. The summed E-state index contributed by atoms with van der Waals surface area (Å²) in [6.07, 6.45) is 3.13. The van der Waals surface area contributed by atoms with Gasteiger partial charge in [-0.05, 0) is 53.6 Å². The van der Waals surface area contributed by atoms with Gasteiger partial charge in [0.15, 0.2) is 0 Å². The van der Waals surface area contributed by atoms with Gasteiger partial charge in [-0.2, -0.15) is 0 Å². The lowest BCUT2D eigenvalue weighted by molar-refractivity contribution is -0.131. The highest BCUT2D eigenvalue weighted by molar-refractivity contribution is 6.02. The number of carbonyl (C=O) groups is 3. The van der Waals surface area contributed by atoms with E-state index in [1.54, 1.807) is 43.5 Å². The monoisotopic (exact) mass is 444 g/mol. The van der Waals surface area contributed by atoms with Gasteiger partial charge in [-0.1, -0.05) is 36.4 Å². The number of amides is 2. The Bertz CT molecular complexity index is 1190. The molecule has 0 saturated carbocycles. The zero-order valence-corrected chi connectivity index (χ0v) is 18.3. The quantitative estimate of drug-likeness (QED) is 0.309. The van der Waals surface area contributed by atoms with Crippen molar-refractivity contribution in [1.29, 1.82) is 0 Å². The summed E-state index contributed by atoms with van der Waals surface area (Å²) < 4.78 is 10.2. The highest BCUT2D eigenvalue weighted by Gasteiger charge is 2.10. The number of ether oxygens (including phenoxy) is 2. The van der Waals surface area contributed by atoms with E-state index in [1.807, 2.05) is 36.4 Å². The predicted molar refractivity (Wildman–Crippen MR) is 126 cm³/mol. The molecular weight excluding hydrogens is 420 g/mol. The van der Waals surface area contributed by atoms with Gasteiger partial charge in [-0.15, -0.1) is 0 Å². The summed E-state index contributed by atoms with van der Waals surface area (Å²) in [7, 11) is 1.59. The van der Waals surface area contributed by atoms with Crippen LogP contribution in [0.2, 0.25) is 0 Å². The zero-order chi connectivity index (χ0) is 23.6. The standard InChI is InChI=1S/C26H24N2O5/c1-18(29)33-23-11-6-9-20(16-23)26(31)27-17-21-8-3-4-12-24(21)28-25(30)14-13-19-7-5-10-22(15-19)32-2/h3-16H,17H2,1-2H3,(H,27,31)(H,28,30)/b14-13+. The zero-order valence-electron chi connectivity index (χ0n) is 18.3. The van der Waals surface area contributed by atoms with E-state index in [4.69, 9.17) is 9.47 Å². The lowest BCUT2D eigenvalue weighted by Gasteiger charge is -2.11. The molecular formula is C26H24N2O5. The molecule has 0 aliphatic rings. The molecule has 33 heavy (non-hydrogen) atoms. The number of hydrogen-bond acceptors (Lipinski definition) is 5. The van der Waals surface area contributed by atoms with E-state index in [-0.39, 0.29) is 18.4 Å². The van der Waals surface area contributed by atoms with Gasteiger partial charge in [-0.25, -0.2) is 0 Å². The van der Waals surface area contributed by atoms with Gasteiger partial charge in [0.25, 0.3) is 5.91 Å². The molecule has 0 atom stereocenters. The van der Waals surface area contributed by atoms with Crippen LogP contribution in [-0.2, 0) is 16.1 Å². The Labute approximate surface area is 192 Å². The van der Waals surface area contributed by atoms with Crippen LogP contribution in [0.1, 0.15) is 28.4 Å². The molecule has 0 aromatic heterocycles. The molecule has 0 aliphatic heterocycles. The number of benzene rings is 3. The van der Waals surface area contributed by atoms with Crippen molar-refractivity contribution in [2.45, 2.75) is 13.5 Å². The Kier molecular flexibility index (Phi) is 7.96. The molecule has 2 amide bonds. The van der Waals surface area contributed by atoms with Crippen LogP contribution >= 0.6 is 0 Å². The predicted octanol–water partition coefficient (Wildman–Crippen LogP) is 4.20. The van der Waals surface area contributed by atoms with Crippen LogP contribution in [0.5, 0.6) is 11.5 Å². The van der Waals surface area contributed by atoms with Crippen LogP contribution in [-0.4, -0.2) is 24.9 Å². The van der Waals surface area contributed by atoms with Crippen molar-refractivity contribution >= 4 is 29.5 Å². The van der Waals surface area contributed by atoms with Crippen molar-refractivity contribution in [2.75, 3.05) is 12.4 Å². The van der Waals surface area contributed by atoms with Crippen molar-refractivity contribution in [3.05, 3.63) is 95.6 Å². The van der Waals surface area contributed by atoms with Gasteiger partial charge in [0.05, 0.1) is 7.11 Å². The topological polar surface area (TPSA) is 93.7 Å². The average molecular weight is 444 g/mol. The first-order valence-electron chi connectivity index (χ1n) is 10.2. The third-order valence-electron chi connectivity index (χ3n) is 4.59. The van der Waals surface area contributed by atoms with E-state index in [1.165, 1.54) is 19.1 Å². The molecule has 0 radical (unpaired) electrons. The first-order chi connectivity index (χ1) is 15.9. The maximum atomic E-state index is 12.5. The Hall–Kier alpha value is -4.39. The second kappa shape index (κ2) is 11.3. The van der Waals surface area contributed by atoms with Crippen LogP contribution in [0.15, 0.2) is 78.9 Å². The van der Waals surface area contributed by atoms with Crippen molar-refractivity contribution in [3.63, 3.8) is 0 Å². The maximum absolute atomic E-state index is 12.5. The van der Waals surface area contributed by atoms with E-state index in [9.17, 15) is 14.4 Å². The van der Waals surface area contributed by atoms with Gasteiger partial charge in [0, 0.05) is 30.8 Å². The molecule has 0 aliphatic carbocycles. The largest absolute Gasteiger partial charge is 0.497 e. The second-order valence-electron chi connectivity index (χ2n) is 7.06. The summed E-state index contributed by atoms with van der Waals surface area (Å²) in [6, 6.07) is 20.9. The minimum Gasteiger partial charge on any atom is -0.497 e. The lowest BCUT2D eigenvalue weighted by Crippen LogP contribution is -2.23. The van der Waals surface area contributed by atoms with Crippen LogP contribution < -0.4 is 20.1 Å². The van der Waals surface area contributed by atoms with Crippen molar-refractivity contribution in [2.24, 2.45) is 0 Å². The summed E-state index contributed by atoms with van der Waals surface area (Å²) in [4.78, 5) is 36.1. The van der Waals surface area contributed by atoms with Crippen molar-refractivity contribution in [1.82, 2.24) is 5.32 Å². The Morgan fingerprint density at radius 3 is 2.45 bits per heavy atom. The van der Waals surface area contributed by atoms with Crippen LogP contribution in [0.3, 0.4) is 0 Å². The molecule has 7 heteroatoms. The first-order valence-corrected chi connectivity index (χ1v) is 10.2. The average Bonchev–Trinajstić information content (AvgIpc) is 2.82. The summed E-state index contributed by atoms with van der Waals surface area (Å²) in [5.41, 5.74) is 2.52. The second-order valence-corrected chi connectivity index (χ2v) is 7.06. The molecule has 0 fully saturated rings. The fourth-order valence-corrected chi connectivity index (χ4v) is 3.03. The number of nitrogens with one attached hydrogen (secondary N) is 2. The molecule has 0 spiro atoms. The maximum Gasteiger partial charge on any atom is 0.308 e. The molecule has 7 nitrogen and oxygen atoms in total. The lowest BCUT2D eigenvalue weighted by atomic mass is 10.1. The number of para-hydroxylation sites is 1. The molecule has 168 valence electrons. The van der Waals surface area contributed by atoms with Crippen LogP contribution in [0.25, 0.3) is 6.08 Å².